The lowest BCUT2D eigenvalue weighted by Gasteiger charge is -2.42. The number of hydrogen-bond donors (Lipinski definition) is 2. The van der Waals surface area contributed by atoms with Crippen molar-refractivity contribution in [2.75, 3.05) is 45.8 Å². The van der Waals surface area contributed by atoms with Crippen molar-refractivity contribution < 1.29 is 14.3 Å². The van der Waals surface area contributed by atoms with Gasteiger partial charge in [-0.1, -0.05) is 12.8 Å². The van der Waals surface area contributed by atoms with E-state index in [1.54, 1.807) is 18.9 Å². The molecule has 7 nitrogen and oxygen atoms in total. The van der Waals surface area contributed by atoms with Crippen LogP contribution in [-0.4, -0.2) is 80.1 Å². The summed E-state index contributed by atoms with van der Waals surface area (Å²) >= 11 is 1.56. The molecular formula is C21H36N4O3S. The summed E-state index contributed by atoms with van der Waals surface area (Å²) in [4.78, 5) is 15.2. The fourth-order valence-electron chi connectivity index (χ4n) is 5.05. The molecule has 1 aliphatic carbocycles. The number of morpholine rings is 1. The molecule has 0 spiro atoms. The lowest BCUT2D eigenvalue weighted by atomic mass is 9.84. The van der Waals surface area contributed by atoms with Crippen molar-refractivity contribution in [3.63, 3.8) is 0 Å². The number of carbonyl (C=O) groups is 1. The molecular weight excluding hydrogens is 388 g/mol. The van der Waals surface area contributed by atoms with Crippen LogP contribution >= 0.6 is 11.8 Å². The maximum absolute atomic E-state index is 12.8. The fourth-order valence-corrected chi connectivity index (χ4v) is 6.28. The zero-order valence-corrected chi connectivity index (χ0v) is 18.6. The number of nitrogens with zero attached hydrogens (tertiary/aromatic N) is 2. The second kappa shape index (κ2) is 11.5. The molecule has 8 heteroatoms. The van der Waals surface area contributed by atoms with Gasteiger partial charge in [-0.15, -0.1) is 11.8 Å². The third-order valence-electron chi connectivity index (χ3n) is 6.45. The minimum absolute atomic E-state index is 0.0314. The van der Waals surface area contributed by atoms with E-state index in [4.69, 9.17) is 9.47 Å². The van der Waals surface area contributed by atoms with E-state index in [2.05, 4.69) is 28.5 Å². The predicted molar refractivity (Wildman–Crippen MR) is 115 cm³/mol. The minimum atomic E-state index is -0.139. The summed E-state index contributed by atoms with van der Waals surface area (Å²) in [5.74, 6) is 0.542. The highest BCUT2D eigenvalue weighted by Crippen LogP contribution is 2.32. The van der Waals surface area contributed by atoms with Gasteiger partial charge in [-0.05, 0) is 26.2 Å². The Morgan fingerprint density at radius 3 is 2.83 bits per heavy atom. The molecule has 2 heterocycles. The van der Waals surface area contributed by atoms with E-state index in [9.17, 15) is 10.1 Å². The minimum Gasteiger partial charge on any atom is -0.384 e. The van der Waals surface area contributed by atoms with Crippen LogP contribution in [0.15, 0.2) is 0 Å². The summed E-state index contributed by atoms with van der Waals surface area (Å²) in [7, 11) is 1.69. The molecule has 0 aromatic heterocycles. The normalized spacial score (nSPS) is 36.3. The first-order chi connectivity index (χ1) is 14.1. The van der Waals surface area contributed by atoms with Crippen LogP contribution in [0.5, 0.6) is 0 Å². The van der Waals surface area contributed by atoms with Crippen LogP contribution in [0.1, 0.15) is 39.0 Å². The highest BCUT2D eigenvalue weighted by atomic mass is 32.2. The number of piperidine rings is 1. The molecule has 3 fully saturated rings. The molecule has 3 rings (SSSR count). The molecule has 0 aromatic carbocycles. The second-order valence-corrected chi connectivity index (χ2v) is 9.71. The van der Waals surface area contributed by atoms with Gasteiger partial charge in [0.2, 0.25) is 5.91 Å². The number of hydrogen-bond acceptors (Lipinski definition) is 7. The van der Waals surface area contributed by atoms with Crippen LogP contribution in [0.3, 0.4) is 0 Å². The third-order valence-corrected chi connectivity index (χ3v) is 7.67. The van der Waals surface area contributed by atoms with Crippen LogP contribution in [0.2, 0.25) is 0 Å². The number of ether oxygens (including phenoxy) is 2. The van der Waals surface area contributed by atoms with Crippen molar-refractivity contribution in [3.8, 4) is 6.07 Å². The first kappa shape index (κ1) is 22.8. The Morgan fingerprint density at radius 1 is 1.34 bits per heavy atom. The monoisotopic (exact) mass is 424 g/mol. The van der Waals surface area contributed by atoms with Crippen LogP contribution in [0.4, 0.5) is 0 Å². The molecule has 1 saturated carbocycles. The number of methoxy groups -OCH3 is 1. The Balaban J connectivity index is 1.51. The van der Waals surface area contributed by atoms with Crippen molar-refractivity contribution >= 4 is 17.7 Å². The van der Waals surface area contributed by atoms with E-state index in [1.165, 1.54) is 12.8 Å². The third kappa shape index (κ3) is 6.31. The van der Waals surface area contributed by atoms with Crippen molar-refractivity contribution in [1.29, 1.82) is 5.26 Å². The maximum atomic E-state index is 12.8. The summed E-state index contributed by atoms with van der Waals surface area (Å²) < 4.78 is 10.8. The first-order valence-corrected chi connectivity index (χ1v) is 12.0. The van der Waals surface area contributed by atoms with Crippen LogP contribution in [0, 0.1) is 23.2 Å². The quantitative estimate of drug-likeness (QED) is 0.642. The molecule has 0 radical (unpaired) electrons. The van der Waals surface area contributed by atoms with E-state index in [-0.39, 0.29) is 29.2 Å². The zero-order valence-electron chi connectivity index (χ0n) is 17.8. The highest BCUT2D eigenvalue weighted by molar-refractivity contribution is 8.00. The van der Waals surface area contributed by atoms with Gasteiger partial charge in [0.1, 0.15) is 0 Å². The topological polar surface area (TPSA) is 86.6 Å². The molecule has 164 valence electrons. The van der Waals surface area contributed by atoms with Gasteiger partial charge in [0.05, 0.1) is 42.9 Å². The molecule has 6 unspecified atom stereocenters. The number of nitrogens with one attached hydrogen (secondary N) is 2. The standard InChI is InChI=1S/C21H36N4O3S/c1-15-11-16(13-27-2)17(12-22)21(23-15)29-14-20(26)24-18-5-3-4-6-19(18)25-7-9-28-10-8-25/h15-19,21,23H,3-11,13-14H2,1-2H3,(H,24,26). The molecule has 0 bridgehead atoms. The Hall–Kier alpha value is -0.850. The largest absolute Gasteiger partial charge is 0.384 e. The SMILES string of the molecule is COCC1CC(C)NC(SCC(=O)NC2CCCCC2N2CCOCC2)C1C#N. The van der Waals surface area contributed by atoms with Gasteiger partial charge in [0, 0.05) is 44.2 Å². The number of rotatable bonds is 7. The Bertz CT molecular complexity index is 567. The van der Waals surface area contributed by atoms with Crippen LogP contribution in [-0.2, 0) is 14.3 Å². The Morgan fingerprint density at radius 2 is 2.10 bits per heavy atom. The molecule has 0 aromatic rings. The smallest absolute Gasteiger partial charge is 0.230 e. The van der Waals surface area contributed by atoms with Crippen LogP contribution < -0.4 is 10.6 Å². The highest BCUT2D eigenvalue weighted by Gasteiger charge is 2.37. The molecule has 29 heavy (non-hydrogen) atoms. The van der Waals surface area contributed by atoms with Gasteiger partial charge in [0.15, 0.2) is 0 Å². The molecule has 2 saturated heterocycles. The van der Waals surface area contributed by atoms with Crippen molar-refractivity contribution in [1.82, 2.24) is 15.5 Å². The number of carbonyl (C=O) groups excluding carboxylic acids is 1. The Kier molecular flexibility index (Phi) is 9.07. The summed E-state index contributed by atoms with van der Waals surface area (Å²) in [6, 6.07) is 3.42. The molecule has 6 atom stereocenters. The van der Waals surface area contributed by atoms with Gasteiger partial charge in [0.25, 0.3) is 0 Å². The van der Waals surface area contributed by atoms with Crippen LogP contribution in [0.25, 0.3) is 0 Å². The average molecular weight is 425 g/mol. The van der Waals surface area contributed by atoms with Gasteiger partial charge >= 0.3 is 0 Å². The van der Waals surface area contributed by atoms with Gasteiger partial charge in [-0.25, -0.2) is 0 Å². The van der Waals surface area contributed by atoms with E-state index < -0.39 is 0 Å². The van der Waals surface area contributed by atoms with Gasteiger partial charge in [-0.3, -0.25) is 9.69 Å². The summed E-state index contributed by atoms with van der Waals surface area (Å²) in [6.45, 7) is 6.23. The molecule has 2 aliphatic heterocycles. The number of nitriles is 1. The zero-order chi connectivity index (χ0) is 20.6. The predicted octanol–water partition coefficient (Wildman–Crippen LogP) is 1.59. The number of amides is 1. The van der Waals surface area contributed by atoms with Gasteiger partial charge in [-0.2, -0.15) is 5.26 Å². The van der Waals surface area contributed by atoms with E-state index in [1.807, 2.05) is 0 Å². The second-order valence-electron chi connectivity index (χ2n) is 8.58. The van der Waals surface area contributed by atoms with Crippen molar-refractivity contribution in [3.05, 3.63) is 0 Å². The average Bonchev–Trinajstić information content (AvgIpc) is 2.73. The lowest BCUT2D eigenvalue weighted by molar-refractivity contribution is -0.120. The molecule has 3 aliphatic rings. The Labute approximate surface area is 179 Å². The van der Waals surface area contributed by atoms with Gasteiger partial charge < -0.3 is 20.1 Å². The molecule has 2 N–H and O–H groups in total. The summed E-state index contributed by atoms with van der Waals surface area (Å²) in [5.41, 5.74) is 0. The van der Waals surface area contributed by atoms with E-state index >= 15 is 0 Å². The first-order valence-electron chi connectivity index (χ1n) is 11.0. The van der Waals surface area contributed by atoms with Crippen molar-refractivity contribution in [2.45, 2.75) is 62.5 Å². The summed E-state index contributed by atoms with van der Waals surface area (Å²) in [5, 5.41) is 16.5. The number of thioether (sulfide) groups is 1. The lowest BCUT2D eigenvalue weighted by Crippen LogP contribution is -2.56. The fraction of sp³-hybridized carbons (Fsp3) is 0.905. The molecule has 1 amide bonds. The maximum Gasteiger partial charge on any atom is 0.230 e. The van der Waals surface area contributed by atoms with E-state index in [0.717, 1.165) is 45.6 Å². The summed E-state index contributed by atoms with van der Waals surface area (Å²) in [6.07, 6.45) is 5.54. The van der Waals surface area contributed by atoms with E-state index in [0.29, 0.717) is 24.4 Å². The van der Waals surface area contributed by atoms with Crippen molar-refractivity contribution in [2.24, 2.45) is 11.8 Å².